The van der Waals surface area contributed by atoms with Crippen LogP contribution in [0.5, 0.6) is 0 Å². The zero-order valence-electron chi connectivity index (χ0n) is 13.6. The third-order valence-electron chi connectivity index (χ3n) is 3.97. The molecule has 116 valence electrons. The minimum Gasteiger partial charge on any atom is -0.461 e. The molecule has 1 aromatic rings. The number of hydrogen-bond donors (Lipinski definition) is 1. The summed E-state index contributed by atoms with van der Waals surface area (Å²) in [4.78, 5) is 12.1. The third-order valence-corrected chi connectivity index (χ3v) is 3.97. The molecule has 0 saturated carbocycles. The van der Waals surface area contributed by atoms with Gasteiger partial charge >= 0.3 is 5.97 Å². The molecular formula is C18H27NO2. The van der Waals surface area contributed by atoms with Gasteiger partial charge in [0.15, 0.2) is 0 Å². The van der Waals surface area contributed by atoms with Crippen LogP contribution >= 0.6 is 0 Å². The van der Waals surface area contributed by atoms with Gasteiger partial charge in [-0.25, -0.2) is 0 Å². The van der Waals surface area contributed by atoms with Crippen molar-refractivity contribution in [3.63, 3.8) is 0 Å². The van der Waals surface area contributed by atoms with Gasteiger partial charge in [-0.1, -0.05) is 30.3 Å². The maximum absolute atomic E-state index is 12.1. The number of esters is 1. The second-order valence-electron chi connectivity index (χ2n) is 7.52. The SMILES string of the molecule is CC1(C)CC(CC(=O)OCc2ccccc2)CC(C)(C)N1. The average Bonchev–Trinajstić information content (AvgIpc) is 2.33. The average molecular weight is 289 g/mol. The third kappa shape index (κ3) is 5.16. The summed E-state index contributed by atoms with van der Waals surface area (Å²) in [7, 11) is 0. The molecule has 0 radical (unpaired) electrons. The molecule has 3 heteroatoms. The summed E-state index contributed by atoms with van der Waals surface area (Å²) in [5, 5.41) is 3.64. The van der Waals surface area contributed by atoms with E-state index in [2.05, 4.69) is 33.0 Å². The van der Waals surface area contributed by atoms with E-state index in [-0.39, 0.29) is 17.0 Å². The minimum atomic E-state index is -0.0858. The van der Waals surface area contributed by atoms with Gasteiger partial charge in [0.05, 0.1) is 0 Å². The van der Waals surface area contributed by atoms with Crippen molar-refractivity contribution in [2.24, 2.45) is 5.92 Å². The lowest BCUT2D eigenvalue weighted by Crippen LogP contribution is -2.58. The van der Waals surface area contributed by atoms with Gasteiger partial charge in [-0.05, 0) is 52.0 Å². The second kappa shape index (κ2) is 6.18. The molecule has 1 N–H and O–H groups in total. The Labute approximate surface area is 128 Å². The van der Waals surface area contributed by atoms with Crippen LogP contribution in [-0.4, -0.2) is 17.0 Å². The number of carbonyl (C=O) groups excluding carboxylic acids is 1. The lowest BCUT2D eigenvalue weighted by atomic mass is 9.75. The highest BCUT2D eigenvalue weighted by atomic mass is 16.5. The number of ether oxygens (including phenoxy) is 1. The van der Waals surface area contributed by atoms with Gasteiger partial charge in [-0.2, -0.15) is 0 Å². The molecule has 0 spiro atoms. The topological polar surface area (TPSA) is 38.3 Å². The largest absolute Gasteiger partial charge is 0.461 e. The van der Waals surface area contributed by atoms with Crippen LogP contribution in [0.15, 0.2) is 30.3 Å². The standard InChI is InChI=1S/C18H27NO2/c1-17(2)11-15(12-18(3,4)19-17)10-16(20)21-13-14-8-6-5-7-9-14/h5-9,15,19H,10-13H2,1-4H3. The van der Waals surface area contributed by atoms with Crippen molar-refractivity contribution >= 4 is 5.97 Å². The number of nitrogens with one attached hydrogen (secondary N) is 1. The monoisotopic (exact) mass is 289 g/mol. The van der Waals surface area contributed by atoms with E-state index in [0.29, 0.717) is 18.9 Å². The minimum absolute atomic E-state index is 0.0755. The van der Waals surface area contributed by atoms with Crippen LogP contribution in [-0.2, 0) is 16.1 Å². The van der Waals surface area contributed by atoms with E-state index in [0.717, 1.165) is 18.4 Å². The zero-order valence-corrected chi connectivity index (χ0v) is 13.6. The van der Waals surface area contributed by atoms with Crippen molar-refractivity contribution in [2.45, 2.75) is 64.6 Å². The van der Waals surface area contributed by atoms with E-state index in [1.54, 1.807) is 0 Å². The van der Waals surface area contributed by atoms with Gasteiger partial charge < -0.3 is 10.1 Å². The van der Waals surface area contributed by atoms with Gasteiger partial charge in [0.2, 0.25) is 0 Å². The maximum atomic E-state index is 12.1. The lowest BCUT2D eigenvalue weighted by Gasteiger charge is -2.46. The van der Waals surface area contributed by atoms with Crippen molar-refractivity contribution in [3.8, 4) is 0 Å². The molecule has 0 amide bonds. The summed E-state index contributed by atoms with van der Waals surface area (Å²) < 4.78 is 5.41. The number of hydrogen-bond acceptors (Lipinski definition) is 3. The summed E-state index contributed by atoms with van der Waals surface area (Å²) >= 11 is 0. The number of carbonyl (C=O) groups is 1. The molecule has 0 bridgehead atoms. The van der Waals surface area contributed by atoms with Crippen molar-refractivity contribution in [2.75, 3.05) is 0 Å². The predicted octanol–water partition coefficient (Wildman–Crippen LogP) is 3.68. The van der Waals surface area contributed by atoms with Crippen LogP contribution in [0.3, 0.4) is 0 Å². The van der Waals surface area contributed by atoms with Crippen LogP contribution in [0.25, 0.3) is 0 Å². The normalized spacial score (nSPS) is 21.0. The van der Waals surface area contributed by atoms with Crippen LogP contribution in [0.4, 0.5) is 0 Å². The first-order valence-corrected chi connectivity index (χ1v) is 7.75. The van der Waals surface area contributed by atoms with E-state index in [1.807, 2.05) is 30.3 Å². The van der Waals surface area contributed by atoms with E-state index >= 15 is 0 Å². The first-order valence-electron chi connectivity index (χ1n) is 7.75. The molecule has 0 unspecified atom stereocenters. The Morgan fingerprint density at radius 2 is 1.71 bits per heavy atom. The summed E-state index contributed by atoms with van der Waals surface area (Å²) in [6.45, 7) is 9.19. The second-order valence-corrected chi connectivity index (χ2v) is 7.52. The first kappa shape index (κ1) is 16.0. The highest BCUT2D eigenvalue weighted by molar-refractivity contribution is 5.69. The number of benzene rings is 1. The number of piperidine rings is 1. The maximum Gasteiger partial charge on any atom is 0.306 e. The van der Waals surface area contributed by atoms with Gasteiger partial charge in [0.25, 0.3) is 0 Å². The quantitative estimate of drug-likeness (QED) is 0.859. The fraction of sp³-hybridized carbons (Fsp3) is 0.611. The molecule has 1 fully saturated rings. The molecule has 0 atom stereocenters. The molecule has 1 aliphatic heterocycles. The van der Waals surface area contributed by atoms with Gasteiger partial charge in [-0.15, -0.1) is 0 Å². The smallest absolute Gasteiger partial charge is 0.306 e. The molecule has 21 heavy (non-hydrogen) atoms. The molecule has 1 heterocycles. The Morgan fingerprint density at radius 1 is 1.14 bits per heavy atom. The van der Waals surface area contributed by atoms with Gasteiger partial charge in [0.1, 0.15) is 6.61 Å². The predicted molar refractivity (Wildman–Crippen MR) is 84.9 cm³/mol. The molecule has 1 aliphatic rings. The van der Waals surface area contributed by atoms with E-state index in [9.17, 15) is 4.79 Å². The Balaban J connectivity index is 1.85. The Morgan fingerprint density at radius 3 is 2.29 bits per heavy atom. The molecular weight excluding hydrogens is 262 g/mol. The fourth-order valence-corrected chi connectivity index (χ4v) is 3.71. The highest BCUT2D eigenvalue weighted by Crippen LogP contribution is 2.34. The van der Waals surface area contributed by atoms with Gasteiger partial charge in [-0.3, -0.25) is 4.79 Å². The molecule has 1 aromatic carbocycles. The van der Waals surface area contributed by atoms with E-state index in [1.165, 1.54) is 0 Å². The molecule has 0 aromatic heterocycles. The molecule has 0 aliphatic carbocycles. The van der Waals surface area contributed by atoms with Crippen LogP contribution in [0, 0.1) is 5.92 Å². The Kier molecular flexibility index (Phi) is 4.72. The first-order chi connectivity index (χ1) is 9.76. The summed E-state index contributed by atoms with van der Waals surface area (Å²) in [5.41, 5.74) is 1.19. The summed E-state index contributed by atoms with van der Waals surface area (Å²) in [5.74, 6) is 0.303. The molecule has 2 rings (SSSR count). The Hall–Kier alpha value is -1.35. The summed E-state index contributed by atoms with van der Waals surface area (Å²) in [6, 6.07) is 9.83. The highest BCUT2D eigenvalue weighted by Gasteiger charge is 2.38. The molecule has 3 nitrogen and oxygen atoms in total. The van der Waals surface area contributed by atoms with Crippen LogP contribution in [0.1, 0.15) is 52.5 Å². The Bertz CT molecular complexity index is 463. The lowest BCUT2D eigenvalue weighted by molar-refractivity contribution is -0.146. The van der Waals surface area contributed by atoms with E-state index < -0.39 is 0 Å². The van der Waals surface area contributed by atoms with Crippen LogP contribution in [0.2, 0.25) is 0 Å². The number of rotatable bonds is 4. The van der Waals surface area contributed by atoms with Crippen molar-refractivity contribution < 1.29 is 9.53 Å². The fourth-order valence-electron chi connectivity index (χ4n) is 3.71. The van der Waals surface area contributed by atoms with Crippen LogP contribution < -0.4 is 5.32 Å². The van der Waals surface area contributed by atoms with Gasteiger partial charge in [0, 0.05) is 17.5 Å². The molecule has 1 saturated heterocycles. The zero-order chi connectivity index (χ0) is 15.5. The van der Waals surface area contributed by atoms with Crippen molar-refractivity contribution in [1.29, 1.82) is 0 Å². The van der Waals surface area contributed by atoms with Crippen molar-refractivity contribution in [3.05, 3.63) is 35.9 Å². The van der Waals surface area contributed by atoms with E-state index in [4.69, 9.17) is 4.74 Å². The summed E-state index contributed by atoms with van der Waals surface area (Å²) in [6.07, 6.45) is 2.54. The van der Waals surface area contributed by atoms with Crippen molar-refractivity contribution in [1.82, 2.24) is 5.32 Å².